The highest BCUT2D eigenvalue weighted by Crippen LogP contribution is 2.36. The van der Waals surface area contributed by atoms with Gasteiger partial charge in [-0.1, -0.05) is 19.3 Å². The van der Waals surface area contributed by atoms with Gasteiger partial charge in [0, 0.05) is 12.2 Å². The summed E-state index contributed by atoms with van der Waals surface area (Å²) in [6, 6.07) is 3.81. The number of nitrogens with one attached hydrogen (secondary N) is 1. The Morgan fingerprint density at radius 2 is 1.95 bits per heavy atom. The molecule has 6 heteroatoms. The predicted octanol–water partition coefficient (Wildman–Crippen LogP) is 2.17. The summed E-state index contributed by atoms with van der Waals surface area (Å²) in [5, 5.41) is 12.0. The number of hydrogen-bond acceptors (Lipinski definition) is 3. The molecule has 1 aliphatic carbocycles. The van der Waals surface area contributed by atoms with Crippen LogP contribution in [0.1, 0.15) is 42.5 Å². The lowest BCUT2D eigenvalue weighted by Crippen LogP contribution is -2.44. The number of carbonyl (C=O) groups is 2. The highest BCUT2D eigenvalue weighted by atomic mass is 19.1. The third-order valence-corrected chi connectivity index (χ3v) is 4.09. The van der Waals surface area contributed by atoms with E-state index >= 15 is 0 Å². The predicted molar refractivity (Wildman–Crippen MR) is 76.3 cm³/mol. The van der Waals surface area contributed by atoms with E-state index in [1.54, 1.807) is 0 Å². The number of rotatable bonds is 4. The van der Waals surface area contributed by atoms with Crippen LogP contribution in [0.3, 0.4) is 0 Å². The molecule has 0 heterocycles. The number of aliphatic carboxylic acids is 1. The molecule has 2 rings (SSSR count). The highest BCUT2D eigenvalue weighted by Gasteiger charge is 2.39. The van der Waals surface area contributed by atoms with Crippen LogP contribution in [0.2, 0.25) is 0 Å². The zero-order valence-electron chi connectivity index (χ0n) is 11.7. The fraction of sp³-hybridized carbons (Fsp3) is 0.467. The van der Waals surface area contributed by atoms with Crippen LogP contribution in [-0.4, -0.2) is 23.5 Å². The van der Waals surface area contributed by atoms with Gasteiger partial charge in [-0.3, -0.25) is 9.59 Å². The van der Waals surface area contributed by atoms with Gasteiger partial charge in [0.25, 0.3) is 5.91 Å². The molecule has 1 aliphatic rings. The van der Waals surface area contributed by atoms with Crippen molar-refractivity contribution in [3.63, 3.8) is 0 Å². The van der Waals surface area contributed by atoms with E-state index in [9.17, 15) is 19.1 Å². The van der Waals surface area contributed by atoms with Gasteiger partial charge in [0.05, 0.1) is 11.0 Å². The van der Waals surface area contributed by atoms with Crippen LogP contribution >= 0.6 is 0 Å². The maximum Gasteiger partial charge on any atom is 0.311 e. The van der Waals surface area contributed by atoms with Crippen molar-refractivity contribution < 1.29 is 19.1 Å². The molecule has 1 amide bonds. The van der Waals surface area contributed by atoms with Crippen LogP contribution < -0.4 is 11.1 Å². The van der Waals surface area contributed by atoms with Gasteiger partial charge in [-0.25, -0.2) is 4.39 Å². The summed E-state index contributed by atoms with van der Waals surface area (Å²) in [5.41, 5.74) is 4.61. The molecule has 1 saturated carbocycles. The van der Waals surface area contributed by atoms with Gasteiger partial charge in [0.15, 0.2) is 0 Å². The molecule has 1 aromatic carbocycles. The lowest BCUT2D eigenvalue weighted by molar-refractivity contribution is -0.150. The van der Waals surface area contributed by atoms with Crippen LogP contribution in [0.25, 0.3) is 0 Å². The average molecular weight is 294 g/mol. The van der Waals surface area contributed by atoms with Gasteiger partial charge < -0.3 is 16.2 Å². The normalized spacial score (nSPS) is 17.2. The van der Waals surface area contributed by atoms with E-state index < -0.39 is 23.1 Å². The highest BCUT2D eigenvalue weighted by molar-refractivity contribution is 5.95. The molecule has 0 atom stereocenters. The molecule has 5 nitrogen and oxygen atoms in total. The molecule has 21 heavy (non-hydrogen) atoms. The first-order valence-electron chi connectivity index (χ1n) is 7.01. The van der Waals surface area contributed by atoms with Gasteiger partial charge in [0.2, 0.25) is 0 Å². The van der Waals surface area contributed by atoms with E-state index in [1.165, 1.54) is 12.1 Å². The fourth-order valence-corrected chi connectivity index (χ4v) is 2.76. The summed E-state index contributed by atoms with van der Waals surface area (Å²) >= 11 is 0. The molecule has 0 spiro atoms. The number of carboxylic acids is 1. The maximum absolute atomic E-state index is 13.7. The molecule has 114 valence electrons. The lowest BCUT2D eigenvalue weighted by atomic mass is 9.74. The van der Waals surface area contributed by atoms with E-state index in [4.69, 9.17) is 5.73 Å². The summed E-state index contributed by atoms with van der Waals surface area (Å²) in [6.07, 6.45) is 3.74. The minimum absolute atomic E-state index is 0.0188. The molecule has 0 bridgehead atoms. The maximum atomic E-state index is 13.7. The number of halogens is 1. The van der Waals surface area contributed by atoms with Crippen molar-refractivity contribution in [1.29, 1.82) is 0 Å². The number of nitrogens with two attached hydrogens (primary N) is 1. The number of benzene rings is 1. The quantitative estimate of drug-likeness (QED) is 0.742. The molecule has 0 aliphatic heterocycles. The van der Waals surface area contributed by atoms with Crippen LogP contribution in [0.4, 0.5) is 10.1 Å². The standard InChI is InChI=1S/C15H19FN2O3/c16-12-8-10(17)4-5-11(12)13(19)18-9-15(14(20)21)6-2-1-3-7-15/h4-5,8H,1-3,6-7,9,17H2,(H,18,19)(H,20,21). The number of carboxylic acid groups (broad SMARTS) is 1. The smallest absolute Gasteiger partial charge is 0.311 e. The van der Waals surface area contributed by atoms with Crippen LogP contribution in [0.5, 0.6) is 0 Å². The summed E-state index contributed by atoms with van der Waals surface area (Å²) < 4.78 is 13.7. The van der Waals surface area contributed by atoms with E-state index in [1.807, 2.05) is 0 Å². The van der Waals surface area contributed by atoms with Gasteiger partial charge >= 0.3 is 5.97 Å². The Bertz CT molecular complexity index is 554. The molecular weight excluding hydrogens is 275 g/mol. The number of carbonyl (C=O) groups excluding carboxylic acids is 1. The Kier molecular flexibility index (Phi) is 4.45. The minimum atomic E-state index is -0.932. The lowest BCUT2D eigenvalue weighted by Gasteiger charge is -2.33. The zero-order valence-corrected chi connectivity index (χ0v) is 11.7. The second-order valence-electron chi connectivity index (χ2n) is 5.57. The van der Waals surface area contributed by atoms with Crippen molar-refractivity contribution >= 4 is 17.6 Å². The van der Waals surface area contributed by atoms with Gasteiger partial charge in [-0.05, 0) is 31.0 Å². The van der Waals surface area contributed by atoms with E-state index in [-0.39, 0.29) is 17.8 Å². The average Bonchev–Trinajstić information content (AvgIpc) is 2.45. The molecule has 1 fully saturated rings. The van der Waals surface area contributed by atoms with Crippen molar-refractivity contribution in [2.75, 3.05) is 12.3 Å². The topological polar surface area (TPSA) is 92.4 Å². The minimum Gasteiger partial charge on any atom is -0.481 e. The number of anilines is 1. The SMILES string of the molecule is Nc1ccc(C(=O)NCC2(C(=O)O)CCCCC2)c(F)c1. The zero-order chi connectivity index (χ0) is 15.5. The van der Waals surface area contributed by atoms with Crippen molar-refractivity contribution in [3.05, 3.63) is 29.6 Å². The Hall–Kier alpha value is -2.11. The summed E-state index contributed by atoms with van der Waals surface area (Å²) in [4.78, 5) is 23.5. The van der Waals surface area contributed by atoms with Crippen LogP contribution in [-0.2, 0) is 4.79 Å². The monoisotopic (exact) mass is 294 g/mol. The molecule has 0 radical (unpaired) electrons. The first-order valence-corrected chi connectivity index (χ1v) is 7.01. The fourth-order valence-electron chi connectivity index (χ4n) is 2.76. The van der Waals surface area contributed by atoms with Crippen molar-refractivity contribution in [3.8, 4) is 0 Å². The third kappa shape index (κ3) is 3.32. The molecule has 1 aromatic rings. The summed E-state index contributed by atoms with van der Waals surface area (Å²) in [5.74, 6) is -2.22. The molecule has 0 unspecified atom stereocenters. The largest absolute Gasteiger partial charge is 0.481 e. The number of amides is 1. The summed E-state index contributed by atoms with van der Waals surface area (Å²) in [6.45, 7) is 0.0188. The molecule has 4 N–H and O–H groups in total. The van der Waals surface area contributed by atoms with Gasteiger partial charge in [-0.2, -0.15) is 0 Å². The van der Waals surface area contributed by atoms with Crippen molar-refractivity contribution in [2.24, 2.45) is 5.41 Å². The van der Waals surface area contributed by atoms with Crippen LogP contribution in [0, 0.1) is 11.2 Å². The number of nitrogen functional groups attached to an aromatic ring is 1. The third-order valence-electron chi connectivity index (χ3n) is 4.09. The molecular formula is C15H19FN2O3. The Balaban J connectivity index is 2.07. The van der Waals surface area contributed by atoms with E-state index in [0.29, 0.717) is 12.8 Å². The van der Waals surface area contributed by atoms with Crippen molar-refractivity contribution in [2.45, 2.75) is 32.1 Å². The van der Waals surface area contributed by atoms with Crippen molar-refractivity contribution in [1.82, 2.24) is 5.32 Å². The molecule has 0 saturated heterocycles. The van der Waals surface area contributed by atoms with Crippen LogP contribution in [0.15, 0.2) is 18.2 Å². The number of hydrogen-bond donors (Lipinski definition) is 3. The van der Waals surface area contributed by atoms with E-state index in [0.717, 1.165) is 25.3 Å². The van der Waals surface area contributed by atoms with E-state index in [2.05, 4.69) is 5.32 Å². The Morgan fingerprint density at radius 3 is 2.52 bits per heavy atom. The second-order valence-corrected chi connectivity index (χ2v) is 5.57. The second kappa shape index (κ2) is 6.11. The van der Waals surface area contributed by atoms with Gasteiger partial charge in [0.1, 0.15) is 5.82 Å². The first kappa shape index (κ1) is 15.3. The Labute approximate surface area is 122 Å². The first-order chi connectivity index (χ1) is 9.94. The molecule has 0 aromatic heterocycles. The van der Waals surface area contributed by atoms with Gasteiger partial charge in [-0.15, -0.1) is 0 Å². The summed E-state index contributed by atoms with van der Waals surface area (Å²) in [7, 11) is 0. The Morgan fingerprint density at radius 1 is 1.29 bits per heavy atom.